The predicted molar refractivity (Wildman–Crippen MR) is 59.8 cm³/mol. The number of Topliss-reactive ketones (excluding diaryl/α,β-unsaturated/α-hetero) is 1. The molecule has 0 radical (unpaired) electrons. The van der Waals surface area contributed by atoms with E-state index in [1.807, 2.05) is 6.92 Å². The first kappa shape index (κ1) is 12.3. The van der Waals surface area contributed by atoms with E-state index in [2.05, 4.69) is 0 Å². The van der Waals surface area contributed by atoms with Crippen molar-refractivity contribution in [3.05, 3.63) is 11.8 Å². The van der Waals surface area contributed by atoms with E-state index in [1.165, 1.54) is 4.90 Å². The first-order valence-corrected chi connectivity index (χ1v) is 5.82. The highest BCUT2D eigenvalue weighted by Crippen LogP contribution is 2.30. The maximum atomic E-state index is 11.8. The van der Waals surface area contributed by atoms with Gasteiger partial charge in [-0.15, -0.1) is 0 Å². The van der Waals surface area contributed by atoms with Gasteiger partial charge < -0.3 is 9.84 Å². The van der Waals surface area contributed by atoms with Crippen LogP contribution < -0.4 is 0 Å². The number of aliphatic hydroxyl groups excluding tert-OH is 1. The Kier molecular flexibility index (Phi) is 3.31. The Morgan fingerprint density at radius 2 is 2.24 bits per heavy atom. The zero-order chi connectivity index (χ0) is 12.6. The van der Waals surface area contributed by atoms with Crippen LogP contribution >= 0.6 is 0 Å². The fourth-order valence-corrected chi connectivity index (χ4v) is 2.23. The molecule has 5 heteroatoms. The second-order valence-corrected chi connectivity index (χ2v) is 4.74. The van der Waals surface area contributed by atoms with Gasteiger partial charge in [0.05, 0.1) is 19.1 Å². The summed E-state index contributed by atoms with van der Waals surface area (Å²) in [6.45, 7) is 3.64. The molecule has 3 unspecified atom stereocenters. The zero-order valence-corrected chi connectivity index (χ0v) is 10.0. The third kappa shape index (κ3) is 2.25. The van der Waals surface area contributed by atoms with Crippen LogP contribution in [0.2, 0.25) is 0 Å². The van der Waals surface area contributed by atoms with Gasteiger partial charge in [0.25, 0.3) is 0 Å². The number of nitrogens with zero attached hydrogens (tertiary/aromatic N) is 1. The van der Waals surface area contributed by atoms with Crippen molar-refractivity contribution in [1.29, 1.82) is 0 Å². The first-order chi connectivity index (χ1) is 8.02. The Bertz CT molecular complexity index is 377. The predicted octanol–water partition coefficient (Wildman–Crippen LogP) is 0.435. The van der Waals surface area contributed by atoms with Crippen molar-refractivity contribution in [2.75, 3.05) is 6.61 Å². The van der Waals surface area contributed by atoms with Crippen molar-refractivity contribution in [2.24, 2.45) is 5.92 Å². The van der Waals surface area contributed by atoms with Gasteiger partial charge in [-0.3, -0.25) is 14.5 Å². The SMILES string of the molecule is CC1=CN(C2CC(C)C(CO)O2)C(=O)CC1=O. The highest BCUT2D eigenvalue weighted by Gasteiger charge is 2.38. The molecule has 2 heterocycles. The normalized spacial score (nSPS) is 34.2. The lowest BCUT2D eigenvalue weighted by atomic mass is 10.0. The van der Waals surface area contributed by atoms with Crippen LogP contribution in [0.25, 0.3) is 0 Å². The Morgan fingerprint density at radius 1 is 1.53 bits per heavy atom. The minimum atomic E-state index is -0.349. The molecule has 2 rings (SSSR count). The molecule has 0 spiro atoms. The van der Waals surface area contributed by atoms with Crippen molar-refractivity contribution in [3.8, 4) is 0 Å². The summed E-state index contributed by atoms with van der Waals surface area (Å²) in [6.07, 6.45) is 1.59. The first-order valence-electron chi connectivity index (χ1n) is 5.82. The van der Waals surface area contributed by atoms with Gasteiger partial charge in [-0.05, 0) is 19.3 Å². The van der Waals surface area contributed by atoms with Crippen molar-refractivity contribution in [1.82, 2.24) is 4.90 Å². The summed E-state index contributed by atoms with van der Waals surface area (Å²) in [7, 11) is 0. The molecular weight excluding hydrogens is 222 g/mol. The lowest BCUT2D eigenvalue weighted by Gasteiger charge is -2.28. The molecule has 0 aromatic heterocycles. The number of aliphatic hydroxyl groups is 1. The van der Waals surface area contributed by atoms with Crippen LogP contribution in [0.5, 0.6) is 0 Å². The number of hydrogen-bond donors (Lipinski definition) is 1. The highest BCUT2D eigenvalue weighted by atomic mass is 16.5. The number of ketones is 1. The number of allylic oxidation sites excluding steroid dienone is 1. The average Bonchev–Trinajstić information content (AvgIpc) is 2.65. The monoisotopic (exact) mass is 239 g/mol. The van der Waals surface area contributed by atoms with Crippen LogP contribution in [-0.4, -0.2) is 40.6 Å². The minimum Gasteiger partial charge on any atom is -0.394 e. The largest absolute Gasteiger partial charge is 0.394 e. The summed E-state index contributed by atoms with van der Waals surface area (Å²) in [6, 6.07) is 0. The van der Waals surface area contributed by atoms with E-state index >= 15 is 0 Å². The molecule has 2 aliphatic heterocycles. The fourth-order valence-electron chi connectivity index (χ4n) is 2.23. The third-order valence-corrected chi connectivity index (χ3v) is 3.40. The number of amides is 1. The standard InChI is InChI=1S/C12H17NO4/c1-7-3-12(17-10(7)6-14)13-5-8(2)9(15)4-11(13)16/h5,7,10,12,14H,3-4,6H2,1-2H3. The molecule has 0 aromatic carbocycles. The van der Waals surface area contributed by atoms with Gasteiger partial charge in [-0.1, -0.05) is 6.92 Å². The maximum Gasteiger partial charge on any atom is 0.236 e. The Morgan fingerprint density at radius 3 is 2.82 bits per heavy atom. The van der Waals surface area contributed by atoms with Gasteiger partial charge in [-0.2, -0.15) is 0 Å². The maximum absolute atomic E-state index is 11.8. The number of ether oxygens (including phenoxy) is 1. The van der Waals surface area contributed by atoms with Crippen molar-refractivity contribution in [3.63, 3.8) is 0 Å². The second kappa shape index (κ2) is 4.58. The molecule has 5 nitrogen and oxygen atoms in total. The van der Waals surface area contributed by atoms with E-state index in [1.54, 1.807) is 13.1 Å². The van der Waals surface area contributed by atoms with Gasteiger partial charge >= 0.3 is 0 Å². The van der Waals surface area contributed by atoms with Crippen molar-refractivity contribution in [2.45, 2.75) is 39.0 Å². The van der Waals surface area contributed by atoms with Gasteiger partial charge in [0.15, 0.2) is 5.78 Å². The van der Waals surface area contributed by atoms with Crippen LogP contribution in [0.15, 0.2) is 11.8 Å². The van der Waals surface area contributed by atoms with Crippen LogP contribution in [0.4, 0.5) is 0 Å². The van der Waals surface area contributed by atoms with Crippen molar-refractivity contribution >= 4 is 11.7 Å². The summed E-state index contributed by atoms with van der Waals surface area (Å²) in [5.74, 6) is -0.142. The topological polar surface area (TPSA) is 66.8 Å². The fraction of sp³-hybridized carbons (Fsp3) is 0.667. The smallest absolute Gasteiger partial charge is 0.236 e. The lowest BCUT2D eigenvalue weighted by molar-refractivity contribution is -0.144. The molecule has 1 amide bonds. The molecule has 94 valence electrons. The molecule has 17 heavy (non-hydrogen) atoms. The summed E-state index contributed by atoms with van der Waals surface area (Å²) in [4.78, 5) is 24.6. The Labute approximate surface area is 100 Å². The van der Waals surface area contributed by atoms with Crippen LogP contribution in [0, 0.1) is 5.92 Å². The number of carbonyl (C=O) groups excluding carboxylic acids is 2. The van der Waals surface area contributed by atoms with Crippen LogP contribution in [-0.2, 0) is 14.3 Å². The molecule has 1 saturated heterocycles. The van der Waals surface area contributed by atoms with Gasteiger partial charge in [-0.25, -0.2) is 0 Å². The van der Waals surface area contributed by atoms with Gasteiger partial charge in [0.1, 0.15) is 6.23 Å². The lowest BCUT2D eigenvalue weighted by Crippen LogP contribution is -2.40. The Balaban J connectivity index is 2.13. The Hall–Kier alpha value is -1.20. The number of carbonyl (C=O) groups is 2. The minimum absolute atomic E-state index is 0.0404. The van der Waals surface area contributed by atoms with E-state index < -0.39 is 0 Å². The summed E-state index contributed by atoms with van der Waals surface area (Å²) >= 11 is 0. The van der Waals surface area contributed by atoms with Crippen LogP contribution in [0.3, 0.4) is 0 Å². The summed E-state index contributed by atoms with van der Waals surface area (Å²) in [5.41, 5.74) is 0.577. The number of rotatable bonds is 2. The molecule has 0 aromatic rings. The molecule has 0 saturated carbocycles. The van der Waals surface area contributed by atoms with E-state index in [0.717, 1.165) is 0 Å². The van der Waals surface area contributed by atoms with E-state index in [9.17, 15) is 9.59 Å². The van der Waals surface area contributed by atoms with Gasteiger partial charge in [0, 0.05) is 11.8 Å². The third-order valence-electron chi connectivity index (χ3n) is 3.40. The summed E-state index contributed by atoms with van der Waals surface area (Å²) in [5, 5.41) is 9.11. The molecule has 0 aliphatic carbocycles. The molecule has 1 N–H and O–H groups in total. The molecule has 2 aliphatic rings. The van der Waals surface area contributed by atoms with Crippen LogP contribution in [0.1, 0.15) is 26.7 Å². The summed E-state index contributed by atoms with van der Waals surface area (Å²) < 4.78 is 5.62. The van der Waals surface area contributed by atoms with E-state index in [-0.39, 0.29) is 43.0 Å². The van der Waals surface area contributed by atoms with Crippen molar-refractivity contribution < 1.29 is 19.4 Å². The molecular formula is C12H17NO4. The van der Waals surface area contributed by atoms with E-state index in [0.29, 0.717) is 12.0 Å². The quantitative estimate of drug-likeness (QED) is 0.710. The molecule has 3 atom stereocenters. The second-order valence-electron chi connectivity index (χ2n) is 4.74. The zero-order valence-electron chi connectivity index (χ0n) is 10.0. The average molecular weight is 239 g/mol. The number of hydrogen-bond acceptors (Lipinski definition) is 4. The highest BCUT2D eigenvalue weighted by molar-refractivity contribution is 6.09. The molecule has 0 bridgehead atoms. The molecule has 1 fully saturated rings. The van der Waals surface area contributed by atoms with E-state index in [4.69, 9.17) is 9.84 Å². The van der Waals surface area contributed by atoms with Gasteiger partial charge in [0.2, 0.25) is 5.91 Å².